The van der Waals surface area contributed by atoms with Gasteiger partial charge < -0.3 is 28.8 Å². The fourth-order valence-corrected chi connectivity index (χ4v) is 3.89. The summed E-state index contributed by atoms with van der Waals surface area (Å²) < 4.78 is 22.6. The summed E-state index contributed by atoms with van der Waals surface area (Å²) >= 11 is 0. The molecule has 9 heteroatoms. The second-order valence-corrected chi connectivity index (χ2v) is 10.6. The number of hydrogen-bond acceptors (Lipinski definition) is 8. The number of carbonyl (C=O) groups excluding carboxylic acids is 2. The Bertz CT molecular complexity index is 1630. The zero-order chi connectivity index (χ0) is 30.3. The van der Waals surface area contributed by atoms with Crippen molar-refractivity contribution in [3.8, 4) is 11.5 Å². The molecule has 42 heavy (non-hydrogen) atoms. The fourth-order valence-electron chi connectivity index (χ4n) is 3.89. The molecule has 0 atom stereocenters. The van der Waals surface area contributed by atoms with Gasteiger partial charge in [0.05, 0.1) is 17.5 Å². The Morgan fingerprint density at radius 3 is 2.33 bits per heavy atom. The number of hydrogen-bond donors (Lipinski definition) is 1. The number of rotatable bonds is 9. The Kier molecular flexibility index (Phi) is 9.32. The minimum Gasteiger partial charge on any atom is -0.492 e. The van der Waals surface area contributed by atoms with Crippen molar-refractivity contribution in [2.24, 2.45) is 0 Å². The van der Waals surface area contributed by atoms with Gasteiger partial charge in [-0.3, -0.25) is 4.79 Å². The Balaban J connectivity index is 1.61. The molecule has 0 radical (unpaired) electrons. The largest absolute Gasteiger partial charge is 0.492 e. The van der Waals surface area contributed by atoms with E-state index in [9.17, 15) is 14.4 Å². The molecule has 1 amide bonds. The molecule has 1 heterocycles. The molecule has 0 aliphatic carbocycles. The first-order chi connectivity index (χ1) is 20.0. The minimum atomic E-state index is -0.676. The molecule has 0 saturated heterocycles. The monoisotopic (exact) mass is 570 g/mol. The van der Waals surface area contributed by atoms with Gasteiger partial charge in [0.15, 0.2) is 5.76 Å². The van der Waals surface area contributed by atoms with Gasteiger partial charge in [0, 0.05) is 25.8 Å². The van der Waals surface area contributed by atoms with Crippen LogP contribution in [0.3, 0.4) is 0 Å². The molecule has 0 saturated carbocycles. The van der Waals surface area contributed by atoms with E-state index in [1.54, 1.807) is 81.5 Å². The van der Waals surface area contributed by atoms with Crippen molar-refractivity contribution in [3.63, 3.8) is 0 Å². The molecule has 218 valence electrons. The zero-order valence-corrected chi connectivity index (χ0v) is 24.3. The van der Waals surface area contributed by atoms with E-state index in [-0.39, 0.29) is 35.6 Å². The summed E-state index contributed by atoms with van der Waals surface area (Å²) in [5.41, 5.74) is 1.35. The maximum absolute atomic E-state index is 13.5. The van der Waals surface area contributed by atoms with Gasteiger partial charge in [-0.25, -0.2) is 9.59 Å². The number of nitrogens with zero attached hydrogens (tertiary/aromatic N) is 1. The highest BCUT2D eigenvalue weighted by molar-refractivity contribution is 5.92. The Morgan fingerprint density at radius 1 is 0.952 bits per heavy atom. The standard InChI is InChI=1S/C33H34N2O7/c1-33(2,3)42-32(38)34-19-20-39-25-16-17-26-28(21-25)40-27(18-13-22-11-14-24(15-12-22)35(4)5)30(29(26)36)41-31(37)23-9-7-6-8-10-23/h6-18,21H,19-20H2,1-5H3,(H,34,38)/b18-13+. The summed E-state index contributed by atoms with van der Waals surface area (Å²) in [6.45, 7) is 5.72. The van der Waals surface area contributed by atoms with Crippen molar-refractivity contribution in [1.82, 2.24) is 5.32 Å². The Labute approximate surface area is 244 Å². The SMILES string of the molecule is CN(C)c1ccc(/C=C/c2oc3cc(OCCNC(=O)OC(C)(C)C)ccc3c(=O)c2OC(=O)c2ccccc2)cc1. The van der Waals surface area contributed by atoms with Gasteiger partial charge in [0.25, 0.3) is 0 Å². The van der Waals surface area contributed by atoms with Crippen LogP contribution < -0.4 is 25.1 Å². The van der Waals surface area contributed by atoms with Crippen molar-refractivity contribution >= 4 is 40.9 Å². The zero-order valence-electron chi connectivity index (χ0n) is 24.3. The van der Waals surface area contributed by atoms with Crippen LogP contribution in [0.2, 0.25) is 0 Å². The highest BCUT2D eigenvalue weighted by atomic mass is 16.6. The molecule has 4 rings (SSSR count). The van der Waals surface area contributed by atoms with E-state index in [0.717, 1.165) is 11.3 Å². The molecule has 1 aromatic heterocycles. The molecule has 1 N–H and O–H groups in total. The van der Waals surface area contributed by atoms with Crippen molar-refractivity contribution in [2.45, 2.75) is 26.4 Å². The Hall–Kier alpha value is -5.05. The van der Waals surface area contributed by atoms with E-state index in [2.05, 4.69) is 5.32 Å². The number of amides is 1. The van der Waals surface area contributed by atoms with Gasteiger partial charge >= 0.3 is 12.1 Å². The second-order valence-electron chi connectivity index (χ2n) is 10.6. The van der Waals surface area contributed by atoms with Crippen LogP contribution in [0.1, 0.15) is 42.5 Å². The molecule has 3 aromatic carbocycles. The van der Waals surface area contributed by atoms with Crippen molar-refractivity contribution in [1.29, 1.82) is 0 Å². The maximum atomic E-state index is 13.5. The van der Waals surface area contributed by atoms with Crippen LogP contribution in [0.25, 0.3) is 23.1 Å². The van der Waals surface area contributed by atoms with Crippen molar-refractivity contribution in [2.75, 3.05) is 32.1 Å². The van der Waals surface area contributed by atoms with Gasteiger partial charge in [0.2, 0.25) is 11.2 Å². The highest BCUT2D eigenvalue weighted by Gasteiger charge is 2.20. The molecule has 4 aromatic rings. The first kappa shape index (κ1) is 29.9. The van der Waals surface area contributed by atoms with Crippen LogP contribution in [0.5, 0.6) is 11.5 Å². The lowest BCUT2D eigenvalue weighted by Crippen LogP contribution is -2.34. The first-order valence-electron chi connectivity index (χ1n) is 13.4. The Morgan fingerprint density at radius 2 is 1.67 bits per heavy atom. The van der Waals surface area contributed by atoms with Crippen molar-refractivity contribution in [3.05, 3.63) is 99.9 Å². The molecular weight excluding hydrogens is 536 g/mol. The lowest BCUT2D eigenvalue weighted by molar-refractivity contribution is 0.0519. The van der Waals surface area contributed by atoms with Crippen LogP contribution in [-0.2, 0) is 4.74 Å². The molecule has 0 aliphatic rings. The second kappa shape index (κ2) is 13.1. The summed E-state index contributed by atoms with van der Waals surface area (Å²) in [5, 5.41) is 2.85. The number of esters is 1. The number of alkyl carbamates (subject to hydrolysis) is 1. The van der Waals surface area contributed by atoms with Crippen LogP contribution in [0, 0.1) is 0 Å². The number of carbonyl (C=O) groups is 2. The number of anilines is 1. The van der Waals surface area contributed by atoms with E-state index in [1.807, 2.05) is 43.3 Å². The molecule has 0 spiro atoms. The van der Waals surface area contributed by atoms with E-state index >= 15 is 0 Å². The van der Waals surface area contributed by atoms with E-state index in [4.69, 9.17) is 18.6 Å². The number of nitrogens with one attached hydrogen (secondary N) is 1. The van der Waals surface area contributed by atoms with E-state index < -0.39 is 23.1 Å². The molecular formula is C33H34N2O7. The molecule has 0 unspecified atom stereocenters. The number of ether oxygens (including phenoxy) is 3. The third-order valence-corrected chi connectivity index (χ3v) is 5.93. The topological polar surface area (TPSA) is 107 Å². The smallest absolute Gasteiger partial charge is 0.407 e. The lowest BCUT2D eigenvalue weighted by Gasteiger charge is -2.19. The van der Waals surface area contributed by atoms with Gasteiger partial charge in [-0.2, -0.15) is 0 Å². The van der Waals surface area contributed by atoms with Gasteiger partial charge in [-0.1, -0.05) is 36.4 Å². The molecule has 9 nitrogen and oxygen atoms in total. The third kappa shape index (κ3) is 8.00. The minimum absolute atomic E-state index is 0.0807. The summed E-state index contributed by atoms with van der Waals surface area (Å²) in [6.07, 6.45) is 2.82. The predicted octanol–water partition coefficient (Wildman–Crippen LogP) is 6.15. The van der Waals surface area contributed by atoms with E-state index in [1.165, 1.54) is 0 Å². The average Bonchev–Trinajstić information content (AvgIpc) is 2.95. The maximum Gasteiger partial charge on any atom is 0.407 e. The van der Waals surface area contributed by atoms with E-state index in [0.29, 0.717) is 11.3 Å². The van der Waals surface area contributed by atoms with Crippen LogP contribution in [0.4, 0.5) is 10.5 Å². The normalized spacial score (nSPS) is 11.4. The predicted molar refractivity (Wildman–Crippen MR) is 163 cm³/mol. The van der Waals surface area contributed by atoms with Gasteiger partial charge in [0.1, 0.15) is 23.5 Å². The molecule has 0 bridgehead atoms. The summed E-state index contributed by atoms with van der Waals surface area (Å²) in [4.78, 5) is 40.2. The van der Waals surface area contributed by atoms with Crippen LogP contribution in [0.15, 0.2) is 82.0 Å². The summed E-state index contributed by atoms with van der Waals surface area (Å²) in [6, 6.07) is 20.9. The number of benzene rings is 3. The summed E-state index contributed by atoms with van der Waals surface area (Å²) in [7, 11) is 3.91. The van der Waals surface area contributed by atoms with Crippen molar-refractivity contribution < 1.29 is 28.2 Å². The summed E-state index contributed by atoms with van der Waals surface area (Å²) in [5.74, 6) is -0.380. The average molecular weight is 571 g/mol. The fraction of sp³-hybridized carbons (Fsp3) is 0.242. The van der Waals surface area contributed by atoms with Crippen LogP contribution in [-0.4, -0.2) is 44.9 Å². The molecule has 0 aliphatic heterocycles. The number of fused-ring (bicyclic) bond motifs is 1. The van der Waals surface area contributed by atoms with Gasteiger partial charge in [-0.05, 0) is 68.8 Å². The quantitative estimate of drug-likeness (QED) is 0.189. The van der Waals surface area contributed by atoms with Gasteiger partial charge in [-0.15, -0.1) is 0 Å². The first-order valence-corrected chi connectivity index (χ1v) is 13.4. The van der Waals surface area contributed by atoms with Crippen LogP contribution >= 0.6 is 0 Å². The highest BCUT2D eigenvalue weighted by Crippen LogP contribution is 2.27. The lowest BCUT2D eigenvalue weighted by atomic mass is 10.1. The molecule has 0 fully saturated rings. The third-order valence-electron chi connectivity index (χ3n) is 5.93.